The molecule has 3 fully saturated rings. The van der Waals surface area contributed by atoms with Crippen LogP contribution in [0.15, 0.2) is 0 Å². The Kier molecular flexibility index (Phi) is 22.1. The zero-order chi connectivity index (χ0) is 42.9. The number of aliphatic hydroxyl groups excluding tert-OH is 10. The first-order valence-electron chi connectivity index (χ1n) is 18.8. The molecule has 0 spiro atoms. The van der Waals surface area contributed by atoms with Crippen LogP contribution in [0.25, 0.3) is 0 Å². The van der Waals surface area contributed by atoms with E-state index in [9.17, 15) is 65.4 Å². The highest BCUT2D eigenvalue weighted by Gasteiger charge is 2.52. The molecule has 0 aliphatic carbocycles. The summed E-state index contributed by atoms with van der Waals surface area (Å²) in [5, 5.41) is 105. The summed E-state index contributed by atoms with van der Waals surface area (Å²) in [6.45, 7) is -1.58. The Balaban J connectivity index is 1.48. The quantitative estimate of drug-likeness (QED) is 0.0300. The summed E-state index contributed by atoms with van der Waals surface area (Å²) in [6.07, 6.45) is -23.5. The van der Waals surface area contributed by atoms with Gasteiger partial charge in [0, 0.05) is 6.54 Å². The fourth-order valence-electron chi connectivity index (χ4n) is 6.01. The van der Waals surface area contributed by atoms with Crippen LogP contribution in [-0.4, -0.2) is 233 Å². The average Bonchev–Trinajstić information content (AvgIpc) is 3.20. The van der Waals surface area contributed by atoms with Crippen molar-refractivity contribution in [2.45, 2.75) is 124 Å². The number of nitrogens with one attached hydrogen (secondary N) is 3. The number of hydrazine groups is 1. The second kappa shape index (κ2) is 25.6. The Hall–Kier alpha value is -2.19. The van der Waals surface area contributed by atoms with Crippen molar-refractivity contribution in [1.82, 2.24) is 16.2 Å². The summed E-state index contributed by atoms with van der Waals surface area (Å²) in [6, 6.07) is -0.559. The topological polar surface area (TPSA) is 389 Å². The molecule has 25 nitrogen and oxygen atoms in total. The molecule has 0 unspecified atom stereocenters. The lowest BCUT2D eigenvalue weighted by atomic mass is 9.96. The van der Waals surface area contributed by atoms with Gasteiger partial charge in [-0.2, -0.15) is 0 Å². The molecule has 0 bridgehead atoms. The molecule has 2 amide bonds. The maximum absolute atomic E-state index is 12.3. The number of rotatable bonds is 25. The van der Waals surface area contributed by atoms with Crippen LogP contribution in [0.3, 0.4) is 0 Å². The molecule has 3 aliphatic rings. The van der Waals surface area contributed by atoms with E-state index in [1.54, 1.807) is 0 Å². The third-order valence-electron chi connectivity index (χ3n) is 9.42. The Morgan fingerprint density at radius 2 is 1.21 bits per heavy atom. The van der Waals surface area contributed by atoms with Crippen LogP contribution in [0.1, 0.15) is 26.2 Å². The zero-order valence-electron chi connectivity index (χ0n) is 32.0. The van der Waals surface area contributed by atoms with Crippen LogP contribution in [0.2, 0.25) is 0 Å². The second-order valence-electron chi connectivity index (χ2n) is 13.8. The van der Waals surface area contributed by atoms with Crippen molar-refractivity contribution in [1.29, 1.82) is 0 Å². The zero-order valence-corrected chi connectivity index (χ0v) is 32.0. The molecule has 3 saturated heterocycles. The van der Waals surface area contributed by atoms with Gasteiger partial charge >= 0.3 is 0 Å². The molecule has 0 aromatic carbocycles. The SMILES string of the molecule is CC(=O)[C@H](CCCCN)NNC(=O)COCCOCC(=O)NCCO[C@@H]1O[C@H](CO[C@H]2O[C@H](CO)[C@@H](O)[C@H](O)[C@@H]2O)[C@@H](O)[C@H](O[C@H]2O[C@H](CO)[C@@H](O)[C@H](O)[C@@H]2O)[C@@H]1O. The van der Waals surface area contributed by atoms with Crippen LogP contribution in [0.5, 0.6) is 0 Å². The molecule has 0 aromatic heterocycles. The Labute approximate surface area is 333 Å². The third-order valence-corrected chi connectivity index (χ3v) is 9.42. The second-order valence-corrected chi connectivity index (χ2v) is 13.8. The fourth-order valence-corrected chi connectivity index (χ4v) is 6.01. The molecule has 15 N–H and O–H groups in total. The van der Waals surface area contributed by atoms with E-state index in [-0.39, 0.29) is 38.8 Å². The summed E-state index contributed by atoms with van der Waals surface area (Å²) < 4.78 is 43.5. The Morgan fingerprint density at radius 3 is 1.79 bits per heavy atom. The number of carbonyl (C=O) groups is 3. The first-order valence-corrected chi connectivity index (χ1v) is 18.8. The minimum absolute atomic E-state index is 0.0349. The third kappa shape index (κ3) is 14.8. The van der Waals surface area contributed by atoms with Crippen molar-refractivity contribution in [3.05, 3.63) is 0 Å². The van der Waals surface area contributed by atoms with Crippen molar-refractivity contribution in [3.63, 3.8) is 0 Å². The van der Waals surface area contributed by atoms with Gasteiger partial charge in [-0.1, -0.05) is 6.42 Å². The van der Waals surface area contributed by atoms with Crippen molar-refractivity contribution in [2.75, 3.05) is 65.9 Å². The van der Waals surface area contributed by atoms with Crippen molar-refractivity contribution in [2.24, 2.45) is 5.73 Å². The number of hydrogen-bond donors (Lipinski definition) is 14. The van der Waals surface area contributed by atoms with Gasteiger partial charge in [0.15, 0.2) is 18.9 Å². The summed E-state index contributed by atoms with van der Waals surface area (Å²) in [4.78, 5) is 36.0. The normalized spacial score (nSPS) is 36.0. The molecule has 3 aliphatic heterocycles. The molecule has 0 aromatic rings. The molecule has 58 heavy (non-hydrogen) atoms. The maximum atomic E-state index is 12.3. The number of aliphatic hydroxyl groups is 10. The summed E-state index contributed by atoms with van der Waals surface area (Å²) >= 11 is 0. The van der Waals surface area contributed by atoms with E-state index in [0.717, 1.165) is 6.42 Å². The van der Waals surface area contributed by atoms with Crippen LogP contribution in [0, 0.1) is 0 Å². The predicted molar refractivity (Wildman–Crippen MR) is 188 cm³/mol. The molecule has 0 saturated carbocycles. The van der Waals surface area contributed by atoms with E-state index >= 15 is 0 Å². The fraction of sp³-hybridized carbons (Fsp3) is 0.909. The van der Waals surface area contributed by atoms with E-state index in [2.05, 4.69) is 16.2 Å². The van der Waals surface area contributed by atoms with E-state index < -0.39 is 136 Å². The van der Waals surface area contributed by atoms with Crippen molar-refractivity contribution < 1.29 is 103 Å². The summed E-state index contributed by atoms with van der Waals surface area (Å²) in [7, 11) is 0. The van der Waals surface area contributed by atoms with Gasteiger partial charge in [-0.3, -0.25) is 19.8 Å². The van der Waals surface area contributed by atoms with Crippen LogP contribution in [0.4, 0.5) is 0 Å². The smallest absolute Gasteiger partial charge is 0.260 e. The van der Waals surface area contributed by atoms with Crippen molar-refractivity contribution in [3.8, 4) is 0 Å². The molecule has 0 radical (unpaired) electrons. The number of ketones is 1. The lowest BCUT2D eigenvalue weighted by Gasteiger charge is -2.46. The number of hydrogen-bond acceptors (Lipinski definition) is 23. The van der Waals surface area contributed by atoms with Gasteiger partial charge < -0.3 is 100 Å². The average molecular weight is 849 g/mol. The molecule has 3 heterocycles. The predicted octanol–water partition coefficient (Wildman–Crippen LogP) is -8.69. The monoisotopic (exact) mass is 848 g/mol. The lowest BCUT2D eigenvalue weighted by molar-refractivity contribution is -0.366. The standard InChI is InChI=1S/C33H60N4O21/c1-15(40)16(4-2-3-5-34)36-37-21(42)14-52-9-8-51-13-20(41)35-6-7-53-32-29(50)30(58-33-28(49)26(47)23(44)18(11-39)56-33)24(45)19(57-32)12-54-31-27(48)25(46)22(43)17(10-38)55-31/h16-19,22-33,36,38-39,43-50H,2-14,34H2,1H3,(H,35,41)(H,37,42)/t16-,17+,18+,19+,22+,23+,24+,25-,26-,27-,28-,29-,30-,31-,32+,33+/m0/s1. The van der Waals surface area contributed by atoms with Gasteiger partial charge in [0.25, 0.3) is 5.91 Å². The van der Waals surface area contributed by atoms with E-state index in [4.69, 9.17) is 43.6 Å². The van der Waals surface area contributed by atoms with E-state index in [1.807, 2.05) is 0 Å². The number of unbranched alkanes of at least 4 members (excludes halogenated alkanes) is 1. The number of Topliss-reactive ketones (excluding diaryl/α,β-unsaturated/α-hetero) is 1. The summed E-state index contributed by atoms with van der Waals surface area (Å²) in [5.41, 5.74) is 10.5. The van der Waals surface area contributed by atoms with Crippen LogP contribution >= 0.6 is 0 Å². The first kappa shape index (κ1) is 50.2. The number of nitrogens with two attached hydrogens (primary N) is 1. The molecule has 3 rings (SSSR count). The largest absolute Gasteiger partial charge is 0.394 e. The number of ether oxygens (including phenoxy) is 8. The minimum Gasteiger partial charge on any atom is -0.394 e. The Bertz CT molecular complexity index is 1230. The highest BCUT2D eigenvalue weighted by molar-refractivity contribution is 5.82. The van der Waals surface area contributed by atoms with Gasteiger partial charge in [0.2, 0.25) is 5.91 Å². The van der Waals surface area contributed by atoms with Gasteiger partial charge in [0.1, 0.15) is 92.2 Å². The Morgan fingerprint density at radius 1 is 0.655 bits per heavy atom. The highest BCUT2D eigenvalue weighted by atomic mass is 16.7. The molecule has 16 atom stereocenters. The van der Waals surface area contributed by atoms with Gasteiger partial charge in [0.05, 0.1) is 45.7 Å². The molecular formula is C33H60N4O21. The number of carbonyl (C=O) groups excluding carboxylic acids is 3. The summed E-state index contributed by atoms with van der Waals surface area (Å²) in [5.74, 6) is -1.24. The van der Waals surface area contributed by atoms with Gasteiger partial charge in [-0.05, 0) is 26.3 Å². The van der Waals surface area contributed by atoms with Crippen LogP contribution in [-0.2, 0) is 52.3 Å². The van der Waals surface area contributed by atoms with Crippen LogP contribution < -0.4 is 21.9 Å². The first-order chi connectivity index (χ1) is 27.6. The maximum Gasteiger partial charge on any atom is 0.260 e. The molecular weight excluding hydrogens is 788 g/mol. The van der Waals surface area contributed by atoms with E-state index in [0.29, 0.717) is 19.4 Å². The van der Waals surface area contributed by atoms with Crippen molar-refractivity contribution >= 4 is 17.6 Å². The highest BCUT2D eigenvalue weighted by Crippen LogP contribution is 2.31. The van der Waals surface area contributed by atoms with Gasteiger partial charge in [-0.25, -0.2) is 5.43 Å². The van der Waals surface area contributed by atoms with E-state index in [1.165, 1.54) is 6.92 Å². The number of amides is 2. The lowest BCUT2D eigenvalue weighted by Crippen LogP contribution is -2.65. The minimum atomic E-state index is -1.92. The molecule has 25 heteroatoms. The van der Waals surface area contributed by atoms with Gasteiger partial charge in [-0.15, -0.1) is 0 Å². The molecule has 338 valence electrons.